The summed E-state index contributed by atoms with van der Waals surface area (Å²) < 4.78 is 6.06. The van der Waals surface area contributed by atoms with Gasteiger partial charge in [-0.1, -0.05) is 12.1 Å². The van der Waals surface area contributed by atoms with E-state index in [1.807, 2.05) is 18.2 Å². The number of benzene rings is 1. The Balaban J connectivity index is 1.37. The minimum atomic E-state index is -0.122. The third-order valence-corrected chi connectivity index (χ3v) is 5.94. The number of nitrogens with two attached hydrogens (primary N) is 1. The van der Waals surface area contributed by atoms with Crippen LogP contribution in [0.3, 0.4) is 0 Å². The molecule has 1 saturated heterocycles. The zero-order valence-electron chi connectivity index (χ0n) is 15.4. The van der Waals surface area contributed by atoms with Crippen molar-refractivity contribution in [3.05, 3.63) is 29.8 Å². The molecule has 0 bridgehead atoms. The standard InChI is InChI=1S/C21H29N3O2/c22-15-18-3-1-2-4-20(18)26-19-10-13-24(14-11-19)12-9-16-5-7-17(8-6-16)21(23)25/h1-4,16-17,19H,5-14H2,(H2,23,25)/t16-,17-. The van der Waals surface area contributed by atoms with E-state index in [4.69, 9.17) is 15.7 Å². The maximum Gasteiger partial charge on any atom is 0.220 e. The Kier molecular flexibility index (Phi) is 6.51. The van der Waals surface area contributed by atoms with E-state index < -0.39 is 0 Å². The fraction of sp³-hybridized carbons (Fsp3) is 0.619. The lowest BCUT2D eigenvalue weighted by Crippen LogP contribution is -2.39. The number of nitriles is 1. The first kappa shape index (κ1) is 18.7. The first-order valence-electron chi connectivity index (χ1n) is 9.83. The zero-order chi connectivity index (χ0) is 18.4. The maximum absolute atomic E-state index is 11.3. The largest absolute Gasteiger partial charge is 0.489 e. The average Bonchev–Trinajstić information content (AvgIpc) is 2.68. The molecule has 0 aromatic heterocycles. The quantitative estimate of drug-likeness (QED) is 0.850. The normalized spacial score (nSPS) is 24.7. The monoisotopic (exact) mass is 355 g/mol. The molecule has 0 spiro atoms. The molecule has 0 radical (unpaired) electrons. The van der Waals surface area contributed by atoms with Crippen molar-refractivity contribution >= 4 is 5.91 Å². The molecule has 1 aromatic rings. The van der Waals surface area contributed by atoms with E-state index in [1.54, 1.807) is 6.07 Å². The van der Waals surface area contributed by atoms with Crippen LogP contribution in [0, 0.1) is 23.2 Å². The van der Waals surface area contributed by atoms with Gasteiger partial charge in [-0.15, -0.1) is 0 Å². The van der Waals surface area contributed by atoms with Crippen LogP contribution in [-0.2, 0) is 4.79 Å². The molecule has 1 aliphatic heterocycles. The number of carbonyl (C=O) groups excluding carboxylic acids is 1. The summed E-state index contributed by atoms with van der Waals surface area (Å²) in [6.07, 6.45) is 7.64. The number of rotatable bonds is 6. The summed E-state index contributed by atoms with van der Waals surface area (Å²) in [6.45, 7) is 3.24. The second kappa shape index (κ2) is 9.05. The number of amides is 1. The Morgan fingerprint density at radius 1 is 1.15 bits per heavy atom. The fourth-order valence-corrected chi connectivity index (χ4v) is 4.19. The number of piperidine rings is 1. The second-order valence-electron chi connectivity index (χ2n) is 7.68. The van der Waals surface area contributed by atoms with E-state index in [-0.39, 0.29) is 17.9 Å². The van der Waals surface area contributed by atoms with E-state index in [0.29, 0.717) is 11.3 Å². The van der Waals surface area contributed by atoms with Crippen LogP contribution in [0.2, 0.25) is 0 Å². The predicted molar refractivity (Wildman–Crippen MR) is 101 cm³/mol. The number of para-hydroxylation sites is 1. The van der Waals surface area contributed by atoms with E-state index in [0.717, 1.165) is 64.1 Å². The molecule has 1 aliphatic carbocycles. The number of carbonyl (C=O) groups is 1. The van der Waals surface area contributed by atoms with Crippen LogP contribution in [0.1, 0.15) is 50.5 Å². The van der Waals surface area contributed by atoms with Gasteiger partial charge in [-0.2, -0.15) is 5.26 Å². The van der Waals surface area contributed by atoms with E-state index >= 15 is 0 Å². The maximum atomic E-state index is 11.3. The van der Waals surface area contributed by atoms with Gasteiger partial charge in [-0.25, -0.2) is 0 Å². The van der Waals surface area contributed by atoms with Gasteiger partial charge in [-0.05, 0) is 69.5 Å². The molecule has 5 heteroatoms. The van der Waals surface area contributed by atoms with Crippen molar-refractivity contribution in [3.8, 4) is 11.8 Å². The van der Waals surface area contributed by atoms with Crippen molar-refractivity contribution in [3.63, 3.8) is 0 Å². The van der Waals surface area contributed by atoms with Crippen molar-refractivity contribution < 1.29 is 9.53 Å². The molecule has 26 heavy (non-hydrogen) atoms. The van der Waals surface area contributed by atoms with Gasteiger partial charge >= 0.3 is 0 Å². The smallest absolute Gasteiger partial charge is 0.220 e. The van der Waals surface area contributed by atoms with E-state index in [1.165, 1.54) is 6.42 Å². The summed E-state index contributed by atoms with van der Waals surface area (Å²) >= 11 is 0. The highest BCUT2D eigenvalue weighted by Gasteiger charge is 2.26. The average molecular weight is 355 g/mol. The lowest BCUT2D eigenvalue weighted by atomic mass is 9.80. The van der Waals surface area contributed by atoms with Gasteiger partial charge in [0.25, 0.3) is 0 Å². The Bertz CT molecular complexity index is 639. The number of hydrogen-bond donors (Lipinski definition) is 1. The molecule has 0 atom stereocenters. The summed E-state index contributed by atoms with van der Waals surface area (Å²) in [4.78, 5) is 13.8. The summed E-state index contributed by atoms with van der Waals surface area (Å²) in [6, 6.07) is 9.66. The van der Waals surface area contributed by atoms with Gasteiger partial charge in [0.15, 0.2) is 0 Å². The lowest BCUT2D eigenvalue weighted by molar-refractivity contribution is -0.123. The fourth-order valence-electron chi connectivity index (χ4n) is 4.19. The van der Waals surface area contributed by atoms with Gasteiger partial charge in [0, 0.05) is 19.0 Å². The number of nitrogens with zero attached hydrogens (tertiary/aromatic N) is 2. The Labute approximate surface area is 156 Å². The number of ether oxygens (including phenoxy) is 1. The third-order valence-electron chi connectivity index (χ3n) is 5.94. The third kappa shape index (κ3) is 4.98. The van der Waals surface area contributed by atoms with Crippen molar-refractivity contribution in [2.45, 2.75) is 51.0 Å². The highest BCUT2D eigenvalue weighted by molar-refractivity contribution is 5.76. The van der Waals surface area contributed by atoms with Crippen molar-refractivity contribution in [1.29, 1.82) is 5.26 Å². The van der Waals surface area contributed by atoms with Crippen LogP contribution in [0.4, 0.5) is 0 Å². The van der Waals surface area contributed by atoms with Crippen LogP contribution in [-0.4, -0.2) is 36.5 Å². The van der Waals surface area contributed by atoms with Crippen molar-refractivity contribution in [2.75, 3.05) is 19.6 Å². The van der Waals surface area contributed by atoms with Crippen molar-refractivity contribution in [1.82, 2.24) is 4.90 Å². The van der Waals surface area contributed by atoms with Crippen LogP contribution >= 0.6 is 0 Å². The molecule has 2 fully saturated rings. The van der Waals surface area contributed by atoms with Gasteiger partial charge in [0.2, 0.25) is 5.91 Å². The molecular formula is C21H29N3O2. The van der Waals surface area contributed by atoms with E-state index in [2.05, 4.69) is 11.0 Å². The van der Waals surface area contributed by atoms with Gasteiger partial charge in [0.05, 0.1) is 5.56 Å². The summed E-state index contributed by atoms with van der Waals surface area (Å²) in [5.74, 6) is 1.43. The van der Waals surface area contributed by atoms with E-state index in [9.17, 15) is 4.79 Å². The lowest BCUT2D eigenvalue weighted by Gasteiger charge is -2.34. The summed E-state index contributed by atoms with van der Waals surface area (Å²) in [7, 11) is 0. The van der Waals surface area contributed by atoms with Crippen LogP contribution in [0.25, 0.3) is 0 Å². The molecule has 140 valence electrons. The highest BCUT2D eigenvalue weighted by atomic mass is 16.5. The first-order valence-corrected chi connectivity index (χ1v) is 9.83. The van der Waals surface area contributed by atoms with Gasteiger partial charge < -0.3 is 15.4 Å². The molecule has 1 aromatic carbocycles. The highest BCUT2D eigenvalue weighted by Crippen LogP contribution is 2.31. The topological polar surface area (TPSA) is 79.3 Å². The molecule has 5 nitrogen and oxygen atoms in total. The number of primary amides is 1. The summed E-state index contributed by atoms with van der Waals surface area (Å²) in [5, 5.41) is 9.17. The molecule has 1 heterocycles. The molecular weight excluding hydrogens is 326 g/mol. The Hall–Kier alpha value is -2.06. The molecule has 2 aliphatic rings. The Morgan fingerprint density at radius 2 is 1.85 bits per heavy atom. The molecule has 3 rings (SSSR count). The minimum Gasteiger partial charge on any atom is -0.489 e. The van der Waals surface area contributed by atoms with Crippen molar-refractivity contribution in [2.24, 2.45) is 17.6 Å². The van der Waals surface area contributed by atoms with Gasteiger partial charge in [-0.3, -0.25) is 4.79 Å². The molecule has 2 N–H and O–H groups in total. The SMILES string of the molecule is N#Cc1ccccc1OC1CCN(CC[C@H]2CC[C@H](C(N)=O)CC2)CC1. The zero-order valence-corrected chi connectivity index (χ0v) is 15.4. The van der Waals surface area contributed by atoms with Crippen LogP contribution in [0.5, 0.6) is 5.75 Å². The molecule has 1 saturated carbocycles. The summed E-state index contributed by atoms with van der Waals surface area (Å²) in [5.41, 5.74) is 6.03. The van der Waals surface area contributed by atoms with Crippen LogP contribution < -0.4 is 10.5 Å². The Morgan fingerprint density at radius 3 is 2.50 bits per heavy atom. The second-order valence-corrected chi connectivity index (χ2v) is 7.68. The first-order chi connectivity index (χ1) is 12.7. The van der Waals surface area contributed by atoms with Crippen LogP contribution in [0.15, 0.2) is 24.3 Å². The molecule has 0 unspecified atom stereocenters. The van der Waals surface area contributed by atoms with Gasteiger partial charge in [0.1, 0.15) is 17.9 Å². The molecule has 1 amide bonds. The number of likely N-dealkylation sites (tertiary alicyclic amines) is 1. The minimum absolute atomic E-state index is 0.107. The number of hydrogen-bond acceptors (Lipinski definition) is 4. The predicted octanol–water partition coefficient (Wildman–Crippen LogP) is 3.08.